The molecule has 21 heavy (non-hydrogen) atoms. The fraction of sp³-hybridized carbons (Fsp3) is 0.500. The molecule has 1 unspecified atom stereocenters. The Bertz CT molecular complexity index is 643. The van der Waals surface area contributed by atoms with Crippen molar-refractivity contribution in [3.05, 3.63) is 23.8 Å². The van der Waals surface area contributed by atoms with E-state index in [4.69, 9.17) is 5.73 Å². The van der Waals surface area contributed by atoms with Gasteiger partial charge in [0.1, 0.15) is 0 Å². The van der Waals surface area contributed by atoms with E-state index in [1.807, 2.05) is 7.05 Å². The number of carbonyl (C=O) groups excluding carboxylic acids is 1. The number of nitrogens with one attached hydrogen (secondary N) is 1. The van der Waals surface area contributed by atoms with E-state index in [1.165, 1.54) is 18.2 Å². The first-order chi connectivity index (χ1) is 9.77. The quantitative estimate of drug-likeness (QED) is 0.790. The highest BCUT2D eigenvalue weighted by Crippen LogP contribution is 2.17. The summed E-state index contributed by atoms with van der Waals surface area (Å²) < 4.78 is 23.2. The molecule has 1 atom stereocenters. The maximum atomic E-state index is 12.2. The summed E-state index contributed by atoms with van der Waals surface area (Å²) in [5, 5.41) is 2.85. The molecule has 0 aliphatic carbocycles. The summed E-state index contributed by atoms with van der Waals surface area (Å²) in [6.07, 6.45) is 3.28. The molecule has 1 aromatic carbocycles. The minimum absolute atomic E-state index is 0.0608. The first-order valence-corrected chi connectivity index (χ1v) is 8.75. The van der Waals surface area contributed by atoms with E-state index in [9.17, 15) is 13.2 Å². The summed E-state index contributed by atoms with van der Waals surface area (Å²) in [6, 6.07) is 4.54. The number of benzene rings is 1. The lowest BCUT2D eigenvalue weighted by molar-refractivity contribution is 0.0943. The molecule has 3 N–H and O–H groups in total. The van der Waals surface area contributed by atoms with Crippen LogP contribution < -0.4 is 11.1 Å². The Morgan fingerprint density at radius 2 is 2.14 bits per heavy atom. The predicted molar refractivity (Wildman–Crippen MR) is 81.9 cm³/mol. The molecule has 116 valence electrons. The van der Waals surface area contributed by atoms with Gasteiger partial charge in [-0.15, -0.1) is 0 Å². The van der Waals surface area contributed by atoms with Crippen LogP contribution in [0.15, 0.2) is 23.1 Å². The molecule has 1 aliphatic heterocycles. The van der Waals surface area contributed by atoms with Crippen molar-refractivity contribution in [2.24, 2.45) is 0 Å². The minimum atomic E-state index is -3.39. The van der Waals surface area contributed by atoms with E-state index in [0.29, 0.717) is 12.6 Å². The van der Waals surface area contributed by atoms with Crippen LogP contribution >= 0.6 is 0 Å². The van der Waals surface area contributed by atoms with Gasteiger partial charge in [0.15, 0.2) is 9.84 Å². The van der Waals surface area contributed by atoms with Crippen molar-refractivity contribution in [1.82, 2.24) is 10.2 Å². The van der Waals surface area contributed by atoms with Gasteiger partial charge in [-0.3, -0.25) is 4.79 Å². The Balaban J connectivity index is 2.10. The number of likely N-dealkylation sites (tertiary alicyclic amines) is 1. The van der Waals surface area contributed by atoms with Gasteiger partial charge >= 0.3 is 0 Å². The van der Waals surface area contributed by atoms with Crippen LogP contribution in [0.1, 0.15) is 23.2 Å². The van der Waals surface area contributed by atoms with Crippen LogP contribution in [0.2, 0.25) is 0 Å². The van der Waals surface area contributed by atoms with Crippen LogP contribution in [0.4, 0.5) is 5.69 Å². The average molecular weight is 311 g/mol. The van der Waals surface area contributed by atoms with E-state index in [1.54, 1.807) is 0 Å². The Labute approximate surface area is 125 Å². The van der Waals surface area contributed by atoms with E-state index < -0.39 is 9.84 Å². The van der Waals surface area contributed by atoms with Gasteiger partial charge in [0.25, 0.3) is 5.91 Å². The second-order valence-corrected chi connectivity index (χ2v) is 7.57. The molecule has 1 aliphatic rings. The van der Waals surface area contributed by atoms with Gasteiger partial charge in [-0.2, -0.15) is 0 Å². The van der Waals surface area contributed by atoms with Crippen molar-refractivity contribution in [3.8, 4) is 0 Å². The fourth-order valence-electron chi connectivity index (χ4n) is 2.52. The zero-order chi connectivity index (χ0) is 15.6. The first kappa shape index (κ1) is 15.8. The van der Waals surface area contributed by atoms with E-state index in [2.05, 4.69) is 10.2 Å². The Hall–Kier alpha value is -1.60. The van der Waals surface area contributed by atoms with E-state index >= 15 is 0 Å². The minimum Gasteiger partial charge on any atom is -0.399 e. The van der Waals surface area contributed by atoms with Crippen LogP contribution in [0, 0.1) is 0 Å². The molecule has 1 fully saturated rings. The summed E-state index contributed by atoms with van der Waals surface area (Å²) in [6.45, 7) is 1.59. The smallest absolute Gasteiger partial charge is 0.251 e. The zero-order valence-corrected chi connectivity index (χ0v) is 13.1. The number of carbonyl (C=O) groups is 1. The number of rotatable bonds is 4. The number of amides is 1. The molecule has 0 bridgehead atoms. The maximum Gasteiger partial charge on any atom is 0.251 e. The summed E-state index contributed by atoms with van der Waals surface area (Å²) in [4.78, 5) is 14.4. The third-order valence-electron chi connectivity index (χ3n) is 3.79. The summed E-state index contributed by atoms with van der Waals surface area (Å²) >= 11 is 0. The Kier molecular flexibility index (Phi) is 4.53. The van der Waals surface area contributed by atoms with Gasteiger partial charge in [0.2, 0.25) is 0 Å². The number of nitrogen functional groups attached to an aromatic ring is 1. The standard InChI is InChI=1S/C14H21N3O3S/c1-17-5-3-4-12(17)9-16-14(18)10-6-11(15)8-13(7-10)21(2,19)20/h6-8,12H,3-5,9,15H2,1-2H3,(H,16,18). The van der Waals surface area contributed by atoms with Crippen LogP contribution in [0.5, 0.6) is 0 Å². The number of likely N-dealkylation sites (N-methyl/N-ethyl adjacent to an activating group) is 1. The Morgan fingerprint density at radius 1 is 1.43 bits per heavy atom. The molecule has 6 nitrogen and oxygen atoms in total. The summed E-state index contributed by atoms with van der Waals surface area (Å²) in [5.74, 6) is -0.299. The molecule has 7 heteroatoms. The van der Waals surface area contributed by atoms with Gasteiger partial charge in [-0.25, -0.2) is 8.42 Å². The molecule has 2 rings (SSSR count). The van der Waals surface area contributed by atoms with Crippen molar-refractivity contribution in [3.63, 3.8) is 0 Å². The van der Waals surface area contributed by atoms with Crippen LogP contribution in [-0.4, -0.2) is 51.7 Å². The monoisotopic (exact) mass is 311 g/mol. The van der Waals surface area contributed by atoms with E-state index in [0.717, 1.165) is 25.6 Å². The molecule has 0 aromatic heterocycles. The van der Waals surface area contributed by atoms with Gasteiger partial charge in [-0.1, -0.05) is 0 Å². The van der Waals surface area contributed by atoms with Crippen LogP contribution in [-0.2, 0) is 9.84 Å². The number of nitrogens with two attached hydrogens (primary N) is 1. The molecule has 1 aromatic rings. The summed E-state index contributed by atoms with van der Waals surface area (Å²) in [7, 11) is -1.36. The molecule has 0 radical (unpaired) electrons. The highest BCUT2D eigenvalue weighted by Gasteiger charge is 2.21. The molecule has 1 heterocycles. The average Bonchev–Trinajstić information content (AvgIpc) is 2.79. The van der Waals surface area contributed by atoms with Crippen LogP contribution in [0.25, 0.3) is 0 Å². The molecule has 0 spiro atoms. The normalized spacial score (nSPS) is 19.6. The van der Waals surface area contributed by atoms with Gasteiger partial charge in [0, 0.05) is 30.1 Å². The maximum absolute atomic E-state index is 12.2. The van der Waals surface area contributed by atoms with Crippen molar-refractivity contribution < 1.29 is 13.2 Å². The van der Waals surface area contributed by atoms with Crippen molar-refractivity contribution in [2.45, 2.75) is 23.8 Å². The molecular weight excluding hydrogens is 290 g/mol. The third-order valence-corrected chi connectivity index (χ3v) is 4.88. The molecule has 1 amide bonds. The lowest BCUT2D eigenvalue weighted by Gasteiger charge is -2.19. The van der Waals surface area contributed by atoms with Crippen molar-refractivity contribution >= 4 is 21.4 Å². The van der Waals surface area contributed by atoms with Gasteiger partial charge < -0.3 is 16.0 Å². The lowest BCUT2D eigenvalue weighted by atomic mass is 10.1. The summed E-state index contributed by atoms with van der Waals surface area (Å²) in [5.41, 5.74) is 6.22. The number of sulfone groups is 1. The SMILES string of the molecule is CN1CCCC1CNC(=O)c1cc(N)cc(S(C)(=O)=O)c1. The third kappa shape index (κ3) is 3.95. The molecule has 1 saturated heterocycles. The highest BCUT2D eigenvalue weighted by molar-refractivity contribution is 7.90. The number of anilines is 1. The number of nitrogens with zero attached hydrogens (tertiary/aromatic N) is 1. The van der Waals surface area contributed by atoms with Crippen molar-refractivity contribution in [2.75, 3.05) is 32.1 Å². The van der Waals surface area contributed by atoms with E-state index in [-0.39, 0.29) is 22.1 Å². The van der Waals surface area contributed by atoms with Crippen molar-refractivity contribution in [1.29, 1.82) is 0 Å². The highest BCUT2D eigenvalue weighted by atomic mass is 32.2. The zero-order valence-electron chi connectivity index (χ0n) is 12.3. The second-order valence-electron chi connectivity index (χ2n) is 5.55. The number of hydrogen-bond acceptors (Lipinski definition) is 5. The largest absolute Gasteiger partial charge is 0.399 e. The van der Waals surface area contributed by atoms with Crippen LogP contribution in [0.3, 0.4) is 0 Å². The first-order valence-electron chi connectivity index (χ1n) is 6.86. The second kappa shape index (κ2) is 6.03. The molecule has 0 saturated carbocycles. The van der Waals surface area contributed by atoms with Gasteiger partial charge in [0.05, 0.1) is 4.90 Å². The lowest BCUT2D eigenvalue weighted by Crippen LogP contribution is -2.38. The topological polar surface area (TPSA) is 92.5 Å². The molecular formula is C14H21N3O3S. The number of hydrogen-bond donors (Lipinski definition) is 2. The fourth-order valence-corrected chi connectivity index (χ4v) is 3.21. The Morgan fingerprint density at radius 3 is 2.71 bits per heavy atom. The van der Waals surface area contributed by atoms with Gasteiger partial charge in [-0.05, 0) is 44.6 Å². The predicted octanol–water partition coefficient (Wildman–Crippen LogP) is 0.496.